The summed E-state index contributed by atoms with van der Waals surface area (Å²) in [4.78, 5) is 11.4. The molecule has 2 rings (SSSR count). The van der Waals surface area contributed by atoms with Crippen LogP contribution in [0.3, 0.4) is 0 Å². The van der Waals surface area contributed by atoms with Gasteiger partial charge in [-0.05, 0) is 35.4 Å². The van der Waals surface area contributed by atoms with Gasteiger partial charge in [-0.2, -0.15) is 0 Å². The van der Waals surface area contributed by atoms with E-state index in [0.29, 0.717) is 12.1 Å². The Morgan fingerprint density at radius 1 is 1.00 bits per heavy atom. The highest BCUT2D eigenvalue weighted by Crippen LogP contribution is 2.12. The predicted octanol–water partition coefficient (Wildman–Crippen LogP) is 2.15. The smallest absolute Gasteiger partial charge is 0.251 e. The zero-order chi connectivity index (χ0) is 14.4. The van der Waals surface area contributed by atoms with Crippen molar-refractivity contribution >= 4 is 11.6 Å². The first-order valence-electron chi connectivity index (χ1n) is 6.47. The molecule has 0 unspecified atom stereocenters. The third-order valence-electron chi connectivity index (χ3n) is 3.08. The summed E-state index contributed by atoms with van der Waals surface area (Å²) in [6.07, 6.45) is 0. The average Bonchev–Trinajstić information content (AvgIpc) is 2.53. The van der Waals surface area contributed by atoms with E-state index in [0.717, 1.165) is 16.8 Å². The minimum atomic E-state index is -0.0795. The first kappa shape index (κ1) is 14.1. The molecule has 0 aromatic heterocycles. The molecule has 0 bridgehead atoms. The van der Waals surface area contributed by atoms with Gasteiger partial charge in [0.05, 0.1) is 6.61 Å². The van der Waals surface area contributed by atoms with Crippen LogP contribution in [-0.4, -0.2) is 18.1 Å². The monoisotopic (exact) mass is 270 g/mol. The Bertz CT molecular complexity index is 562. The molecule has 0 saturated heterocycles. The Kier molecular flexibility index (Phi) is 4.74. The summed E-state index contributed by atoms with van der Waals surface area (Å²) in [6, 6.07) is 15.1. The molecule has 0 fully saturated rings. The van der Waals surface area contributed by atoms with Gasteiger partial charge in [0.25, 0.3) is 5.91 Å². The first-order chi connectivity index (χ1) is 9.72. The lowest BCUT2D eigenvalue weighted by atomic mass is 10.1. The SMILES string of the molecule is CNC(=O)c1ccc(CNc2ccc(CO)cc2)cc1. The van der Waals surface area contributed by atoms with Crippen LogP contribution in [-0.2, 0) is 13.2 Å². The second kappa shape index (κ2) is 6.73. The van der Waals surface area contributed by atoms with Gasteiger partial charge in [-0.3, -0.25) is 4.79 Å². The van der Waals surface area contributed by atoms with E-state index in [1.807, 2.05) is 48.5 Å². The van der Waals surface area contributed by atoms with Crippen molar-refractivity contribution in [3.8, 4) is 0 Å². The molecule has 0 aliphatic heterocycles. The number of anilines is 1. The Morgan fingerprint density at radius 2 is 1.60 bits per heavy atom. The van der Waals surface area contributed by atoms with E-state index in [1.165, 1.54) is 0 Å². The maximum Gasteiger partial charge on any atom is 0.251 e. The largest absolute Gasteiger partial charge is 0.392 e. The van der Waals surface area contributed by atoms with Crippen molar-refractivity contribution < 1.29 is 9.90 Å². The van der Waals surface area contributed by atoms with E-state index in [2.05, 4.69) is 10.6 Å². The first-order valence-corrected chi connectivity index (χ1v) is 6.47. The Hall–Kier alpha value is -2.33. The summed E-state index contributed by atoms with van der Waals surface area (Å²) < 4.78 is 0. The maximum atomic E-state index is 11.4. The van der Waals surface area contributed by atoms with Crippen LogP contribution < -0.4 is 10.6 Å². The fourth-order valence-electron chi connectivity index (χ4n) is 1.85. The number of amides is 1. The molecule has 4 nitrogen and oxygen atoms in total. The number of nitrogens with one attached hydrogen (secondary N) is 2. The molecular formula is C16H18N2O2. The van der Waals surface area contributed by atoms with Gasteiger partial charge in [-0.1, -0.05) is 24.3 Å². The lowest BCUT2D eigenvalue weighted by Crippen LogP contribution is -2.17. The van der Waals surface area contributed by atoms with E-state index in [4.69, 9.17) is 5.11 Å². The minimum absolute atomic E-state index is 0.0568. The standard InChI is InChI=1S/C16H18N2O2/c1-17-16(20)14-6-2-12(3-7-14)10-18-15-8-4-13(11-19)5-9-15/h2-9,18-19H,10-11H2,1H3,(H,17,20). The molecule has 4 heteroatoms. The molecule has 1 amide bonds. The zero-order valence-corrected chi connectivity index (χ0v) is 11.4. The number of carbonyl (C=O) groups is 1. The summed E-state index contributed by atoms with van der Waals surface area (Å²) in [5.41, 5.74) is 3.65. The molecule has 0 spiro atoms. The van der Waals surface area contributed by atoms with Gasteiger partial charge in [0.15, 0.2) is 0 Å². The van der Waals surface area contributed by atoms with Gasteiger partial charge in [-0.15, -0.1) is 0 Å². The van der Waals surface area contributed by atoms with E-state index < -0.39 is 0 Å². The van der Waals surface area contributed by atoms with Gasteiger partial charge in [0.2, 0.25) is 0 Å². The van der Waals surface area contributed by atoms with Crippen molar-refractivity contribution in [3.05, 3.63) is 65.2 Å². The molecule has 0 heterocycles. The summed E-state index contributed by atoms with van der Waals surface area (Å²) in [7, 11) is 1.62. The van der Waals surface area contributed by atoms with Crippen LogP contribution in [0.2, 0.25) is 0 Å². The van der Waals surface area contributed by atoms with Crippen molar-refractivity contribution in [2.75, 3.05) is 12.4 Å². The summed E-state index contributed by atoms with van der Waals surface area (Å²) in [6.45, 7) is 0.744. The zero-order valence-electron chi connectivity index (χ0n) is 11.4. The molecular weight excluding hydrogens is 252 g/mol. The highest BCUT2D eigenvalue weighted by molar-refractivity contribution is 5.93. The number of aliphatic hydroxyl groups excluding tert-OH is 1. The van der Waals surface area contributed by atoms with Crippen molar-refractivity contribution in [3.63, 3.8) is 0 Å². The Balaban J connectivity index is 1.94. The number of carbonyl (C=O) groups excluding carboxylic acids is 1. The molecule has 2 aromatic rings. The van der Waals surface area contributed by atoms with Crippen LogP contribution in [0.4, 0.5) is 5.69 Å². The molecule has 3 N–H and O–H groups in total. The molecule has 104 valence electrons. The quantitative estimate of drug-likeness (QED) is 0.780. The fraction of sp³-hybridized carbons (Fsp3) is 0.188. The third kappa shape index (κ3) is 3.59. The second-order valence-corrected chi connectivity index (χ2v) is 4.48. The Labute approximate surface area is 118 Å². The van der Waals surface area contributed by atoms with Crippen molar-refractivity contribution in [1.29, 1.82) is 0 Å². The lowest BCUT2D eigenvalue weighted by molar-refractivity contribution is 0.0963. The minimum Gasteiger partial charge on any atom is -0.392 e. The van der Waals surface area contributed by atoms with Crippen LogP contribution in [0, 0.1) is 0 Å². The van der Waals surface area contributed by atoms with E-state index in [9.17, 15) is 4.79 Å². The third-order valence-corrected chi connectivity index (χ3v) is 3.08. The average molecular weight is 270 g/mol. The van der Waals surface area contributed by atoms with Crippen molar-refractivity contribution in [1.82, 2.24) is 5.32 Å². The van der Waals surface area contributed by atoms with E-state index in [-0.39, 0.29) is 12.5 Å². The van der Waals surface area contributed by atoms with Gasteiger partial charge >= 0.3 is 0 Å². The lowest BCUT2D eigenvalue weighted by Gasteiger charge is -2.08. The Morgan fingerprint density at radius 3 is 2.15 bits per heavy atom. The maximum absolute atomic E-state index is 11.4. The number of rotatable bonds is 5. The molecule has 20 heavy (non-hydrogen) atoms. The molecule has 0 saturated carbocycles. The van der Waals surface area contributed by atoms with Gasteiger partial charge in [0.1, 0.15) is 0 Å². The molecule has 0 aliphatic rings. The normalized spacial score (nSPS) is 10.1. The molecule has 0 aliphatic carbocycles. The van der Waals surface area contributed by atoms with Crippen molar-refractivity contribution in [2.45, 2.75) is 13.2 Å². The predicted molar refractivity (Wildman–Crippen MR) is 79.5 cm³/mol. The van der Waals surface area contributed by atoms with Crippen molar-refractivity contribution in [2.24, 2.45) is 0 Å². The molecule has 0 radical (unpaired) electrons. The second-order valence-electron chi connectivity index (χ2n) is 4.48. The van der Waals surface area contributed by atoms with Gasteiger partial charge < -0.3 is 15.7 Å². The summed E-state index contributed by atoms with van der Waals surface area (Å²) in [5.74, 6) is -0.0795. The highest BCUT2D eigenvalue weighted by atomic mass is 16.3. The molecule has 0 atom stereocenters. The highest BCUT2D eigenvalue weighted by Gasteiger charge is 2.02. The van der Waals surface area contributed by atoms with E-state index in [1.54, 1.807) is 7.05 Å². The summed E-state index contributed by atoms with van der Waals surface area (Å²) in [5, 5.41) is 14.9. The number of hydrogen-bond acceptors (Lipinski definition) is 3. The summed E-state index contributed by atoms with van der Waals surface area (Å²) >= 11 is 0. The number of aliphatic hydroxyl groups is 1. The molecule has 2 aromatic carbocycles. The van der Waals surface area contributed by atoms with Crippen LogP contribution in [0.15, 0.2) is 48.5 Å². The van der Waals surface area contributed by atoms with Gasteiger partial charge in [-0.25, -0.2) is 0 Å². The van der Waals surface area contributed by atoms with Crippen LogP contribution in [0.25, 0.3) is 0 Å². The number of hydrogen-bond donors (Lipinski definition) is 3. The van der Waals surface area contributed by atoms with Gasteiger partial charge in [0, 0.05) is 24.8 Å². The van der Waals surface area contributed by atoms with Crippen LogP contribution >= 0.6 is 0 Å². The van der Waals surface area contributed by atoms with Crippen LogP contribution in [0.5, 0.6) is 0 Å². The van der Waals surface area contributed by atoms with Crippen LogP contribution in [0.1, 0.15) is 21.5 Å². The number of benzene rings is 2. The fourth-order valence-corrected chi connectivity index (χ4v) is 1.85. The topological polar surface area (TPSA) is 61.4 Å². The van der Waals surface area contributed by atoms with E-state index >= 15 is 0 Å².